The molecule has 1 aliphatic rings. The molecule has 0 aliphatic carbocycles. The van der Waals surface area contributed by atoms with E-state index in [2.05, 4.69) is 52.1 Å². The van der Waals surface area contributed by atoms with Crippen molar-refractivity contribution in [3.63, 3.8) is 0 Å². The molecule has 0 fully saturated rings. The van der Waals surface area contributed by atoms with E-state index in [4.69, 9.17) is 16.3 Å². The molecule has 1 aliphatic heterocycles. The van der Waals surface area contributed by atoms with Crippen molar-refractivity contribution in [2.75, 3.05) is 13.7 Å². The van der Waals surface area contributed by atoms with Gasteiger partial charge >= 0.3 is 0 Å². The second-order valence-corrected chi connectivity index (χ2v) is 7.16. The summed E-state index contributed by atoms with van der Waals surface area (Å²) in [5.41, 5.74) is 3.76. The van der Waals surface area contributed by atoms with Crippen LogP contribution in [0, 0.1) is 0 Å². The van der Waals surface area contributed by atoms with Gasteiger partial charge in [0.1, 0.15) is 5.75 Å². The normalized spacial score (nSPS) is 17.5. The fourth-order valence-corrected chi connectivity index (χ4v) is 4.12. The van der Waals surface area contributed by atoms with E-state index in [1.54, 1.807) is 7.11 Å². The van der Waals surface area contributed by atoms with E-state index in [1.807, 2.05) is 24.3 Å². The van der Waals surface area contributed by atoms with Crippen LogP contribution in [0.5, 0.6) is 5.75 Å². The minimum atomic E-state index is 0.177. The van der Waals surface area contributed by atoms with Gasteiger partial charge in [-0.25, -0.2) is 0 Å². The molecule has 0 saturated carbocycles. The van der Waals surface area contributed by atoms with Crippen molar-refractivity contribution >= 4 is 11.6 Å². The Morgan fingerprint density at radius 3 is 2.77 bits per heavy atom. The van der Waals surface area contributed by atoms with Crippen LogP contribution in [0.15, 0.2) is 66.9 Å². The first-order chi connectivity index (χ1) is 12.8. The quantitative estimate of drug-likeness (QED) is 0.635. The standard InChI is InChI=1S/C22H23ClN2O/c1-26-21-11-3-2-7-18(21)16-25-14-6-13-24-12-5-10-20(24)22(25)17-8-4-9-19(23)15-17/h2-5,7-12,15,22H,6,13-14,16H2,1H3. The molecule has 134 valence electrons. The van der Waals surface area contributed by atoms with Gasteiger partial charge in [-0.15, -0.1) is 0 Å². The summed E-state index contributed by atoms with van der Waals surface area (Å²) in [6.45, 7) is 2.91. The monoisotopic (exact) mass is 366 g/mol. The molecule has 26 heavy (non-hydrogen) atoms. The number of ether oxygens (including phenoxy) is 1. The molecule has 2 aromatic carbocycles. The SMILES string of the molecule is COc1ccccc1CN1CCCn2cccc2C1c1cccc(Cl)c1. The molecule has 4 rings (SSSR count). The average Bonchev–Trinajstić information content (AvgIpc) is 3.03. The maximum atomic E-state index is 6.32. The zero-order valence-corrected chi connectivity index (χ0v) is 15.7. The number of halogens is 1. The Balaban J connectivity index is 1.76. The van der Waals surface area contributed by atoms with Gasteiger partial charge in [0.15, 0.2) is 0 Å². The van der Waals surface area contributed by atoms with Crippen LogP contribution in [0.4, 0.5) is 0 Å². The van der Waals surface area contributed by atoms with Crippen LogP contribution >= 0.6 is 11.6 Å². The number of methoxy groups -OCH3 is 1. The van der Waals surface area contributed by atoms with Crippen molar-refractivity contribution in [2.45, 2.75) is 25.6 Å². The number of hydrogen-bond acceptors (Lipinski definition) is 2. The van der Waals surface area contributed by atoms with Crippen LogP contribution in [0.25, 0.3) is 0 Å². The summed E-state index contributed by atoms with van der Waals surface area (Å²) in [5.74, 6) is 0.942. The predicted molar refractivity (Wildman–Crippen MR) is 106 cm³/mol. The maximum Gasteiger partial charge on any atom is 0.123 e. The number of aryl methyl sites for hydroxylation is 1. The molecule has 0 radical (unpaired) electrons. The number of fused-ring (bicyclic) bond motifs is 1. The lowest BCUT2D eigenvalue weighted by atomic mass is 10.0. The maximum absolute atomic E-state index is 6.32. The molecule has 0 spiro atoms. The van der Waals surface area contributed by atoms with E-state index in [0.29, 0.717) is 0 Å². The highest BCUT2D eigenvalue weighted by Crippen LogP contribution is 2.35. The summed E-state index contributed by atoms with van der Waals surface area (Å²) < 4.78 is 7.95. The highest BCUT2D eigenvalue weighted by molar-refractivity contribution is 6.30. The van der Waals surface area contributed by atoms with Crippen molar-refractivity contribution in [2.24, 2.45) is 0 Å². The van der Waals surface area contributed by atoms with Crippen LogP contribution in [0.1, 0.15) is 29.3 Å². The van der Waals surface area contributed by atoms with E-state index in [1.165, 1.54) is 16.8 Å². The van der Waals surface area contributed by atoms with Crippen molar-refractivity contribution < 1.29 is 4.74 Å². The molecule has 0 amide bonds. The predicted octanol–water partition coefficient (Wildman–Crippen LogP) is 5.15. The highest BCUT2D eigenvalue weighted by Gasteiger charge is 2.28. The lowest BCUT2D eigenvalue weighted by molar-refractivity contribution is 0.217. The number of para-hydroxylation sites is 1. The summed E-state index contributed by atoms with van der Waals surface area (Å²) in [4.78, 5) is 2.53. The van der Waals surface area contributed by atoms with E-state index < -0.39 is 0 Å². The molecule has 1 atom stereocenters. The molecule has 3 aromatic rings. The van der Waals surface area contributed by atoms with Gasteiger partial charge in [0, 0.05) is 42.1 Å². The van der Waals surface area contributed by atoms with Crippen LogP contribution in [0.3, 0.4) is 0 Å². The molecule has 0 N–H and O–H groups in total. The third-order valence-corrected chi connectivity index (χ3v) is 5.32. The first kappa shape index (κ1) is 17.2. The van der Waals surface area contributed by atoms with Gasteiger partial charge in [-0.2, -0.15) is 0 Å². The number of rotatable bonds is 4. The number of aromatic nitrogens is 1. The Bertz CT molecular complexity index is 889. The molecular formula is C22H23ClN2O. The van der Waals surface area contributed by atoms with Gasteiger partial charge in [-0.1, -0.05) is 41.9 Å². The highest BCUT2D eigenvalue weighted by atomic mass is 35.5. The Morgan fingerprint density at radius 2 is 1.92 bits per heavy atom. The van der Waals surface area contributed by atoms with E-state index in [-0.39, 0.29) is 6.04 Å². The number of nitrogens with zero attached hydrogens (tertiary/aromatic N) is 2. The fraction of sp³-hybridized carbons (Fsp3) is 0.273. The summed E-state index contributed by atoms with van der Waals surface area (Å²) >= 11 is 6.32. The Hall–Kier alpha value is -2.23. The van der Waals surface area contributed by atoms with Crippen LogP contribution < -0.4 is 4.74 Å². The summed E-state index contributed by atoms with van der Waals surface area (Å²) in [7, 11) is 1.74. The van der Waals surface area contributed by atoms with E-state index >= 15 is 0 Å². The first-order valence-electron chi connectivity index (χ1n) is 9.03. The van der Waals surface area contributed by atoms with Gasteiger partial charge in [-0.3, -0.25) is 4.90 Å². The minimum Gasteiger partial charge on any atom is -0.496 e. The Labute approximate surface area is 159 Å². The zero-order chi connectivity index (χ0) is 17.9. The molecule has 4 heteroatoms. The largest absolute Gasteiger partial charge is 0.496 e. The third kappa shape index (κ3) is 3.37. The van der Waals surface area contributed by atoms with Crippen LogP contribution in [0.2, 0.25) is 5.02 Å². The topological polar surface area (TPSA) is 17.4 Å². The van der Waals surface area contributed by atoms with Crippen molar-refractivity contribution in [3.05, 3.63) is 88.7 Å². The molecule has 2 heterocycles. The smallest absolute Gasteiger partial charge is 0.123 e. The molecular weight excluding hydrogens is 344 g/mol. The summed E-state index contributed by atoms with van der Waals surface area (Å²) in [6, 6.07) is 21.1. The van der Waals surface area contributed by atoms with Gasteiger partial charge in [-0.05, 0) is 42.3 Å². The van der Waals surface area contributed by atoms with Crippen molar-refractivity contribution in [3.8, 4) is 5.75 Å². The van der Waals surface area contributed by atoms with Gasteiger partial charge in [0.25, 0.3) is 0 Å². The fourth-order valence-electron chi connectivity index (χ4n) is 3.92. The van der Waals surface area contributed by atoms with E-state index in [0.717, 1.165) is 36.8 Å². The van der Waals surface area contributed by atoms with Crippen molar-refractivity contribution in [1.82, 2.24) is 9.47 Å². The van der Waals surface area contributed by atoms with Crippen LogP contribution in [-0.2, 0) is 13.1 Å². The van der Waals surface area contributed by atoms with Gasteiger partial charge in [0.05, 0.1) is 13.2 Å². The lowest BCUT2D eigenvalue weighted by Crippen LogP contribution is -2.29. The Morgan fingerprint density at radius 1 is 1.04 bits per heavy atom. The second-order valence-electron chi connectivity index (χ2n) is 6.72. The second kappa shape index (κ2) is 7.56. The zero-order valence-electron chi connectivity index (χ0n) is 14.9. The molecule has 1 aromatic heterocycles. The van der Waals surface area contributed by atoms with Crippen LogP contribution in [-0.4, -0.2) is 23.1 Å². The summed E-state index contributed by atoms with van der Waals surface area (Å²) in [5, 5.41) is 0.780. The first-order valence-corrected chi connectivity index (χ1v) is 9.40. The summed E-state index contributed by atoms with van der Waals surface area (Å²) in [6.07, 6.45) is 3.30. The molecule has 3 nitrogen and oxygen atoms in total. The molecule has 1 unspecified atom stereocenters. The van der Waals surface area contributed by atoms with Gasteiger partial charge in [0.2, 0.25) is 0 Å². The van der Waals surface area contributed by atoms with Gasteiger partial charge < -0.3 is 9.30 Å². The number of benzene rings is 2. The lowest BCUT2D eigenvalue weighted by Gasteiger charge is -2.31. The van der Waals surface area contributed by atoms with Crippen molar-refractivity contribution in [1.29, 1.82) is 0 Å². The van der Waals surface area contributed by atoms with E-state index in [9.17, 15) is 0 Å². The minimum absolute atomic E-state index is 0.177. The molecule has 0 saturated heterocycles. The average molecular weight is 367 g/mol. The molecule has 0 bridgehead atoms. The Kier molecular flexibility index (Phi) is 5.00. The third-order valence-electron chi connectivity index (χ3n) is 5.08. The number of hydrogen-bond donors (Lipinski definition) is 0.